The van der Waals surface area contributed by atoms with E-state index in [1.807, 2.05) is 6.92 Å². The van der Waals surface area contributed by atoms with Gasteiger partial charge >= 0.3 is 0 Å². The molecule has 4 saturated heterocycles. The number of hydrogen-bond acceptors (Lipinski definition) is 19. The van der Waals surface area contributed by atoms with E-state index in [1.54, 1.807) is 6.92 Å². The standard InChI is InChI=1S/C48H78O19/c1-22-30(54)37(66-39-35(59)33(57)31(55)23(17-49)63-39)38(67-40-36(60)34(58)32(56)24(18-50)64-40)41(62-22)65-29-9-10-43(3)25(44(29,4)20-52)7-11-45(5)26(43)8-12-48-27-15-42(2,19-51)13-14-47(27,21-61-48)28(53)16-46(45,48)6/h8,12,22-41,49-60H,7,9-11,13-21H2,1-6H3/t22-,23-,24-,25-,26-,27-,28+,29+,30+,31+,32+,33+,34+,35-,36-,37+,38-,39+,40+,41+,42-,43+,44+,45-,46+,47-,48-/m1/s1. The van der Waals surface area contributed by atoms with Crippen LogP contribution in [0.5, 0.6) is 0 Å². The van der Waals surface area contributed by atoms with E-state index < -0.39 is 134 Å². The largest absolute Gasteiger partial charge is 0.396 e. The molecule has 0 amide bonds. The van der Waals surface area contributed by atoms with Crippen LogP contribution in [0.25, 0.3) is 0 Å². The van der Waals surface area contributed by atoms with Crippen LogP contribution in [0.3, 0.4) is 0 Å². The van der Waals surface area contributed by atoms with Crippen LogP contribution < -0.4 is 0 Å². The Hall–Kier alpha value is -1.02. The summed E-state index contributed by atoms with van der Waals surface area (Å²) >= 11 is 0. The Balaban J connectivity index is 1.03. The number of hydrogen-bond donors (Lipinski definition) is 12. The van der Waals surface area contributed by atoms with E-state index in [9.17, 15) is 61.3 Å². The highest BCUT2D eigenvalue weighted by atomic mass is 16.8. The molecule has 0 aromatic heterocycles. The Morgan fingerprint density at radius 2 is 1.21 bits per heavy atom. The van der Waals surface area contributed by atoms with Gasteiger partial charge in [-0.2, -0.15) is 0 Å². The lowest BCUT2D eigenvalue weighted by molar-refractivity contribution is -0.398. The van der Waals surface area contributed by atoms with Crippen molar-refractivity contribution in [3.63, 3.8) is 0 Å². The molecular formula is C48H78O19. The molecule has 5 aliphatic carbocycles. The molecule has 19 nitrogen and oxygen atoms in total. The monoisotopic (exact) mass is 959 g/mol. The van der Waals surface area contributed by atoms with Crippen molar-refractivity contribution in [1.29, 1.82) is 0 Å². The average molecular weight is 959 g/mol. The summed E-state index contributed by atoms with van der Waals surface area (Å²) in [6, 6.07) is 0. The van der Waals surface area contributed by atoms with Crippen molar-refractivity contribution in [3.05, 3.63) is 12.2 Å². The van der Waals surface area contributed by atoms with Crippen LogP contribution in [0.2, 0.25) is 0 Å². The first kappa shape index (κ1) is 50.9. The second kappa shape index (κ2) is 17.6. The van der Waals surface area contributed by atoms with E-state index in [-0.39, 0.29) is 52.6 Å². The fourth-order valence-corrected chi connectivity index (χ4v) is 15.8. The summed E-state index contributed by atoms with van der Waals surface area (Å²) in [5.41, 5.74) is -3.36. The molecule has 384 valence electrons. The molecular weight excluding hydrogens is 881 g/mol. The summed E-state index contributed by atoms with van der Waals surface area (Å²) < 4.78 is 44.3. The molecule has 2 bridgehead atoms. The molecule has 4 saturated carbocycles. The number of rotatable bonds is 10. The molecule has 12 N–H and O–H groups in total. The topological polar surface area (TPSA) is 307 Å². The molecule has 0 aromatic rings. The summed E-state index contributed by atoms with van der Waals surface area (Å²) in [4.78, 5) is 0. The van der Waals surface area contributed by atoms with E-state index in [0.29, 0.717) is 32.3 Å². The first-order valence-corrected chi connectivity index (χ1v) is 24.6. The minimum absolute atomic E-state index is 0.0117. The number of ether oxygens (including phenoxy) is 7. The number of aliphatic hydroxyl groups excluding tert-OH is 12. The summed E-state index contributed by atoms with van der Waals surface area (Å²) in [5.74, 6) is -0.0714. The summed E-state index contributed by atoms with van der Waals surface area (Å²) in [6.07, 6.45) is -15.5. The smallest absolute Gasteiger partial charge is 0.187 e. The zero-order chi connectivity index (χ0) is 48.6. The van der Waals surface area contributed by atoms with Gasteiger partial charge in [-0.25, -0.2) is 0 Å². The van der Waals surface area contributed by atoms with Crippen LogP contribution in [0.1, 0.15) is 92.9 Å². The zero-order valence-electron chi connectivity index (χ0n) is 39.6. The van der Waals surface area contributed by atoms with Gasteiger partial charge in [0.05, 0.1) is 50.3 Å². The third-order valence-electron chi connectivity index (χ3n) is 20.3. The van der Waals surface area contributed by atoms with Gasteiger partial charge < -0.3 is 94.4 Å². The second-order valence-corrected chi connectivity index (χ2v) is 23.6. The maximum absolute atomic E-state index is 12.3. The first-order valence-electron chi connectivity index (χ1n) is 24.6. The Bertz CT molecular complexity index is 1820. The lowest BCUT2D eigenvalue weighted by atomic mass is 9.32. The summed E-state index contributed by atoms with van der Waals surface area (Å²) in [7, 11) is 0. The lowest BCUT2D eigenvalue weighted by Gasteiger charge is -2.73. The molecule has 9 rings (SSSR count). The minimum atomic E-state index is -1.89. The van der Waals surface area contributed by atoms with E-state index in [2.05, 4.69) is 39.8 Å². The Labute approximate surface area is 391 Å². The number of allylic oxidation sites excluding steroid dienone is 1. The summed E-state index contributed by atoms with van der Waals surface area (Å²) in [5, 5.41) is 131. The van der Waals surface area contributed by atoms with Gasteiger partial charge in [0.25, 0.3) is 0 Å². The molecule has 8 fully saturated rings. The van der Waals surface area contributed by atoms with E-state index >= 15 is 0 Å². The lowest BCUT2D eigenvalue weighted by Crippen LogP contribution is -2.73. The van der Waals surface area contributed by atoms with E-state index in [0.717, 1.165) is 25.7 Å². The van der Waals surface area contributed by atoms with Crippen molar-refractivity contribution >= 4 is 0 Å². The Morgan fingerprint density at radius 3 is 1.79 bits per heavy atom. The van der Waals surface area contributed by atoms with E-state index in [1.165, 1.54) is 0 Å². The molecule has 19 heteroatoms. The molecule has 0 unspecified atom stereocenters. The van der Waals surface area contributed by atoms with E-state index in [4.69, 9.17) is 33.2 Å². The molecule has 1 spiro atoms. The predicted octanol–water partition coefficient (Wildman–Crippen LogP) is -1.43. The maximum Gasteiger partial charge on any atom is 0.187 e. The zero-order valence-corrected chi connectivity index (χ0v) is 39.6. The van der Waals surface area contributed by atoms with Crippen molar-refractivity contribution in [2.75, 3.05) is 33.0 Å². The van der Waals surface area contributed by atoms with Gasteiger partial charge in [-0.15, -0.1) is 0 Å². The minimum Gasteiger partial charge on any atom is -0.396 e. The Morgan fingerprint density at radius 1 is 0.597 bits per heavy atom. The first-order chi connectivity index (χ1) is 31.5. The van der Waals surface area contributed by atoms with Gasteiger partial charge in [-0.1, -0.05) is 46.8 Å². The van der Waals surface area contributed by atoms with Crippen LogP contribution >= 0.6 is 0 Å². The van der Waals surface area contributed by atoms with Gasteiger partial charge in [0, 0.05) is 28.8 Å². The van der Waals surface area contributed by atoms with Crippen molar-refractivity contribution < 1.29 is 94.4 Å². The normalized spacial score (nSPS) is 59.5. The van der Waals surface area contributed by atoms with Crippen molar-refractivity contribution in [2.45, 2.75) is 203 Å². The van der Waals surface area contributed by atoms with Crippen LogP contribution in [0.15, 0.2) is 12.2 Å². The summed E-state index contributed by atoms with van der Waals surface area (Å²) in [6.45, 7) is 11.4. The number of aliphatic hydroxyl groups is 12. The average Bonchev–Trinajstić information content (AvgIpc) is 3.58. The molecule has 0 radical (unpaired) electrons. The van der Waals surface area contributed by atoms with Crippen LogP contribution in [-0.2, 0) is 33.2 Å². The second-order valence-electron chi connectivity index (χ2n) is 23.6. The third-order valence-corrected chi connectivity index (χ3v) is 20.3. The highest BCUT2D eigenvalue weighted by molar-refractivity contribution is 5.36. The maximum atomic E-state index is 12.3. The van der Waals surface area contributed by atoms with Gasteiger partial charge in [-0.3, -0.25) is 0 Å². The molecule has 9 aliphatic rings. The number of fused-ring (bicyclic) bond motifs is 4. The predicted molar refractivity (Wildman–Crippen MR) is 231 cm³/mol. The molecule has 4 aliphatic heterocycles. The highest BCUT2D eigenvalue weighted by Crippen LogP contribution is 2.79. The van der Waals surface area contributed by atoms with Crippen LogP contribution in [0.4, 0.5) is 0 Å². The molecule has 0 aromatic carbocycles. The van der Waals surface area contributed by atoms with Gasteiger partial charge in [0.2, 0.25) is 0 Å². The van der Waals surface area contributed by atoms with Gasteiger partial charge in [0.1, 0.15) is 67.1 Å². The van der Waals surface area contributed by atoms with Crippen molar-refractivity contribution in [3.8, 4) is 0 Å². The Kier molecular flexibility index (Phi) is 13.4. The van der Waals surface area contributed by atoms with Crippen LogP contribution in [0, 0.1) is 50.2 Å². The molecule has 27 atom stereocenters. The SMILES string of the molecule is C[C@H]1O[C@@H](O[C@H]2CC[C@@]3(C)[C@@H](CC[C@]4(C)[C@@H]3C=C[C@@]35OC[C@@]6(CC[C@@](C)(CO)C[C@H]63)[C@@H](O)C[C@@]45C)[C@]2(C)CO)[C@H](O[C@@H]2O[C@H](CO)[C@H](O)[C@H](O)[C@H]2O)[C@@H](O[C@@H]2O[C@H](CO)[C@H](O)[C@H](O)[C@H]2O)[C@H]1O. The molecule has 67 heavy (non-hydrogen) atoms. The fraction of sp³-hybridized carbons (Fsp3) is 0.958. The van der Waals surface area contributed by atoms with Crippen LogP contribution in [-0.4, -0.2) is 204 Å². The molecule has 4 heterocycles. The quantitative estimate of drug-likeness (QED) is 0.0883. The highest BCUT2D eigenvalue weighted by Gasteiger charge is 2.79. The van der Waals surface area contributed by atoms with Gasteiger partial charge in [-0.05, 0) is 86.4 Å². The van der Waals surface area contributed by atoms with Gasteiger partial charge in [0.15, 0.2) is 18.9 Å². The van der Waals surface area contributed by atoms with Crippen molar-refractivity contribution in [2.24, 2.45) is 50.2 Å². The third kappa shape index (κ3) is 7.22. The fourth-order valence-electron chi connectivity index (χ4n) is 15.8. The van der Waals surface area contributed by atoms with Crippen molar-refractivity contribution in [1.82, 2.24) is 0 Å².